The standard InChI is InChI=1S/C16H17NO4S/c1-10-4-5-11(2)13(8-10)21-9-14(18)17-12-6-7-22-15(12)16(19)20-3/h4-8H,9H2,1-3H3,(H,17,18). The van der Waals surface area contributed by atoms with E-state index in [0.717, 1.165) is 11.1 Å². The molecule has 2 rings (SSSR count). The van der Waals surface area contributed by atoms with Crippen LogP contribution in [0.15, 0.2) is 29.6 Å². The molecule has 1 amide bonds. The lowest BCUT2D eigenvalue weighted by Gasteiger charge is -2.10. The predicted octanol–water partition coefficient (Wildman–Crippen LogP) is 3.17. The fourth-order valence-corrected chi connectivity index (χ4v) is 2.62. The van der Waals surface area contributed by atoms with Gasteiger partial charge in [-0.25, -0.2) is 4.79 Å². The average molecular weight is 319 g/mol. The first-order chi connectivity index (χ1) is 10.5. The first-order valence-corrected chi connectivity index (χ1v) is 7.55. The average Bonchev–Trinajstić information content (AvgIpc) is 2.95. The SMILES string of the molecule is COC(=O)c1sccc1NC(=O)COc1cc(C)ccc1C. The van der Waals surface area contributed by atoms with Gasteiger partial charge >= 0.3 is 5.97 Å². The van der Waals surface area contributed by atoms with Gasteiger partial charge in [0.15, 0.2) is 6.61 Å². The Bertz CT molecular complexity index is 693. The topological polar surface area (TPSA) is 64.6 Å². The molecule has 2 aromatic rings. The van der Waals surface area contributed by atoms with Crippen LogP contribution in [0.5, 0.6) is 5.75 Å². The highest BCUT2D eigenvalue weighted by molar-refractivity contribution is 7.12. The van der Waals surface area contributed by atoms with Gasteiger partial charge in [-0.2, -0.15) is 0 Å². The van der Waals surface area contributed by atoms with Gasteiger partial charge in [0.05, 0.1) is 12.8 Å². The minimum Gasteiger partial charge on any atom is -0.483 e. The zero-order chi connectivity index (χ0) is 16.1. The Balaban J connectivity index is 1.98. The van der Waals surface area contributed by atoms with Crippen LogP contribution in [0, 0.1) is 13.8 Å². The van der Waals surface area contributed by atoms with Crippen molar-refractivity contribution in [2.75, 3.05) is 19.0 Å². The van der Waals surface area contributed by atoms with E-state index in [1.165, 1.54) is 18.4 Å². The van der Waals surface area contributed by atoms with Crippen LogP contribution >= 0.6 is 11.3 Å². The normalized spacial score (nSPS) is 10.1. The molecular weight excluding hydrogens is 302 g/mol. The number of nitrogens with one attached hydrogen (secondary N) is 1. The zero-order valence-electron chi connectivity index (χ0n) is 12.6. The number of carbonyl (C=O) groups excluding carboxylic acids is 2. The summed E-state index contributed by atoms with van der Waals surface area (Å²) in [6.45, 7) is 3.75. The molecule has 22 heavy (non-hydrogen) atoms. The van der Waals surface area contributed by atoms with Crippen LogP contribution in [0.4, 0.5) is 5.69 Å². The zero-order valence-corrected chi connectivity index (χ0v) is 13.5. The van der Waals surface area contributed by atoms with Crippen molar-refractivity contribution in [3.8, 4) is 5.75 Å². The molecule has 6 heteroatoms. The molecule has 0 aliphatic rings. The summed E-state index contributed by atoms with van der Waals surface area (Å²) in [5.41, 5.74) is 2.46. The molecule has 1 aromatic carbocycles. The molecule has 0 saturated heterocycles. The molecule has 1 N–H and O–H groups in total. The number of methoxy groups -OCH3 is 1. The van der Waals surface area contributed by atoms with E-state index in [0.29, 0.717) is 16.3 Å². The highest BCUT2D eigenvalue weighted by Gasteiger charge is 2.15. The molecular formula is C16H17NO4S. The summed E-state index contributed by atoms with van der Waals surface area (Å²) < 4.78 is 10.2. The number of hydrogen-bond donors (Lipinski definition) is 1. The summed E-state index contributed by atoms with van der Waals surface area (Å²) in [6, 6.07) is 7.47. The number of thiophene rings is 1. The van der Waals surface area contributed by atoms with E-state index in [-0.39, 0.29) is 12.5 Å². The first kappa shape index (κ1) is 16.0. The van der Waals surface area contributed by atoms with Crippen LogP contribution in [-0.2, 0) is 9.53 Å². The first-order valence-electron chi connectivity index (χ1n) is 6.67. The summed E-state index contributed by atoms with van der Waals surface area (Å²) in [5.74, 6) is -0.126. The summed E-state index contributed by atoms with van der Waals surface area (Å²) in [5, 5.41) is 4.37. The lowest BCUT2D eigenvalue weighted by Crippen LogP contribution is -2.21. The van der Waals surface area contributed by atoms with Crippen molar-refractivity contribution in [2.24, 2.45) is 0 Å². The molecule has 0 atom stereocenters. The van der Waals surface area contributed by atoms with Crippen LogP contribution in [0.2, 0.25) is 0 Å². The molecule has 1 aromatic heterocycles. The van der Waals surface area contributed by atoms with E-state index in [1.54, 1.807) is 11.4 Å². The predicted molar refractivity (Wildman–Crippen MR) is 85.7 cm³/mol. The third-order valence-corrected chi connectivity index (χ3v) is 3.91. The lowest BCUT2D eigenvalue weighted by molar-refractivity contribution is -0.118. The number of ether oxygens (including phenoxy) is 2. The van der Waals surface area contributed by atoms with E-state index < -0.39 is 5.97 Å². The number of carbonyl (C=O) groups is 2. The van der Waals surface area contributed by atoms with Crippen LogP contribution < -0.4 is 10.1 Å². The number of benzene rings is 1. The van der Waals surface area contributed by atoms with Crippen molar-refractivity contribution < 1.29 is 19.1 Å². The van der Waals surface area contributed by atoms with Gasteiger partial charge in [-0.1, -0.05) is 12.1 Å². The molecule has 0 saturated carbocycles. The third-order valence-electron chi connectivity index (χ3n) is 3.01. The van der Waals surface area contributed by atoms with E-state index in [9.17, 15) is 9.59 Å². The Morgan fingerprint density at radius 2 is 2.00 bits per heavy atom. The fourth-order valence-electron chi connectivity index (χ4n) is 1.85. The smallest absolute Gasteiger partial charge is 0.350 e. The maximum Gasteiger partial charge on any atom is 0.350 e. The Morgan fingerprint density at radius 3 is 2.73 bits per heavy atom. The Labute approximate surface area is 132 Å². The monoisotopic (exact) mass is 319 g/mol. The van der Waals surface area contributed by atoms with Crippen molar-refractivity contribution >= 4 is 28.9 Å². The molecule has 5 nitrogen and oxygen atoms in total. The molecule has 0 aliphatic heterocycles. The second kappa shape index (κ2) is 7.09. The highest BCUT2D eigenvalue weighted by atomic mass is 32.1. The fraction of sp³-hybridized carbons (Fsp3) is 0.250. The number of anilines is 1. The molecule has 0 bridgehead atoms. The molecule has 0 aliphatic carbocycles. The van der Waals surface area contributed by atoms with Gasteiger partial charge in [-0.15, -0.1) is 11.3 Å². The van der Waals surface area contributed by atoms with E-state index in [1.807, 2.05) is 32.0 Å². The van der Waals surface area contributed by atoms with Crippen molar-refractivity contribution in [2.45, 2.75) is 13.8 Å². The number of hydrogen-bond acceptors (Lipinski definition) is 5. The lowest BCUT2D eigenvalue weighted by atomic mass is 10.1. The summed E-state index contributed by atoms with van der Waals surface area (Å²) >= 11 is 1.21. The molecule has 116 valence electrons. The molecule has 0 unspecified atom stereocenters. The van der Waals surface area contributed by atoms with E-state index >= 15 is 0 Å². The minimum atomic E-state index is -0.472. The Hall–Kier alpha value is -2.34. The van der Waals surface area contributed by atoms with E-state index in [4.69, 9.17) is 4.74 Å². The maximum atomic E-state index is 12.0. The van der Waals surface area contributed by atoms with Crippen LogP contribution in [0.25, 0.3) is 0 Å². The largest absolute Gasteiger partial charge is 0.483 e. The van der Waals surface area contributed by atoms with Gasteiger partial charge in [0.25, 0.3) is 5.91 Å². The van der Waals surface area contributed by atoms with Gasteiger partial charge in [0.1, 0.15) is 10.6 Å². The number of rotatable bonds is 5. The maximum absolute atomic E-state index is 12.0. The summed E-state index contributed by atoms with van der Waals surface area (Å²) in [7, 11) is 1.30. The molecule has 0 fully saturated rings. The molecule has 0 spiro atoms. The number of amides is 1. The van der Waals surface area contributed by atoms with Crippen LogP contribution in [0.3, 0.4) is 0 Å². The van der Waals surface area contributed by atoms with Gasteiger partial charge in [-0.3, -0.25) is 4.79 Å². The van der Waals surface area contributed by atoms with Crippen LogP contribution in [0.1, 0.15) is 20.8 Å². The second-order valence-corrected chi connectivity index (χ2v) is 5.68. The van der Waals surface area contributed by atoms with Crippen molar-refractivity contribution in [1.29, 1.82) is 0 Å². The Kier molecular flexibility index (Phi) is 5.16. The van der Waals surface area contributed by atoms with Crippen LogP contribution in [-0.4, -0.2) is 25.6 Å². The van der Waals surface area contributed by atoms with Crippen molar-refractivity contribution in [1.82, 2.24) is 0 Å². The quantitative estimate of drug-likeness (QED) is 0.860. The van der Waals surface area contributed by atoms with E-state index in [2.05, 4.69) is 10.1 Å². The second-order valence-electron chi connectivity index (χ2n) is 4.76. The van der Waals surface area contributed by atoms with Crippen molar-refractivity contribution in [3.63, 3.8) is 0 Å². The van der Waals surface area contributed by atoms with Gasteiger partial charge in [-0.05, 0) is 42.5 Å². The molecule has 0 radical (unpaired) electrons. The number of esters is 1. The summed E-state index contributed by atoms with van der Waals surface area (Å²) in [6.07, 6.45) is 0. The number of aryl methyl sites for hydroxylation is 2. The Morgan fingerprint density at radius 1 is 1.23 bits per heavy atom. The van der Waals surface area contributed by atoms with Gasteiger partial charge < -0.3 is 14.8 Å². The van der Waals surface area contributed by atoms with Crippen molar-refractivity contribution in [3.05, 3.63) is 45.6 Å². The third kappa shape index (κ3) is 3.85. The van der Waals surface area contributed by atoms with Gasteiger partial charge in [0.2, 0.25) is 0 Å². The molecule has 1 heterocycles. The minimum absolute atomic E-state index is 0.124. The van der Waals surface area contributed by atoms with Gasteiger partial charge in [0, 0.05) is 0 Å². The highest BCUT2D eigenvalue weighted by Crippen LogP contribution is 2.23. The summed E-state index contributed by atoms with van der Waals surface area (Å²) in [4.78, 5) is 23.9.